The second kappa shape index (κ2) is 7.14. The third kappa shape index (κ3) is 3.64. The number of carbonyl (C=O) groups is 1. The standard InChI is InChI=1S/C19H17FN4O3/c20-15-3-1-12(2-4-15)17-22-18(27-23-17)14-5-8-21-16(11-14)24-9-6-13(7-10-24)19(25)26/h1-5,8,11,13H,6-7,9-10H2,(H,25,26). The van der Waals surface area contributed by atoms with Crippen molar-refractivity contribution >= 4 is 11.8 Å². The van der Waals surface area contributed by atoms with Gasteiger partial charge in [-0.2, -0.15) is 4.98 Å². The zero-order chi connectivity index (χ0) is 18.8. The second-order valence-corrected chi connectivity index (χ2v) is 6.43. The van der Waals surface area contributed by atoms with E-state index in [0.29, 0.717) is 43.2 Å². The Morgan fingerprint density at radius 1 is 1.15 bits per heavy atom. The summed E-state index contributed by atoms with van der Waals surface area (Å²) in [6.07, 6.45) is 2.85. The van der Waals surface area contributed by atoms with Gasteiger partial charge in [0, 0.05) is 30.4 Å². The third-order valence-electron chi connectivity index (χ3n) is 4.69. The van der Waals surface area contributed by atoms with Crippen LogP contribution in [0.15, 0.2) is 47.1 Å². The normalized spacial score (nSPS) is 15.1. The minimum atomic E-state index is -0.740. The van der Waals surface area contributed by atoms with Crippen molar-refractivity contribution in [1.82, 2.24) is 15.1 Å². The van der Waals surface area contributed by atoms with Gasteiger partial charge < -0.3 is 14.5 Å². The molecule has 3 heterocycles. The first kappa shape index (κ1) is 17.1. The van der Waals surface area contributed by atoms with E-state index in [-0.39, 0.29) is 11.7 Å². The molecule has 0 aliphatic carbocycles. The fraction of sp³-hybridized carbons (Fsp3) is 0.263. The van der Waals surface area contributed by atoms with Crippen molar-refractivity contribution in [3.05, 3.63) is 48.4 Å². The maximum Gasteiger partial charge on any atom is 0.306 e. The lowest BCUT2D eigenvalue weighted by Crippen LogP contribution is -2.36. The number of aliphatic carboxylic acids is 1. The van der Waals surface area contributed by atoms with E-state index in [1.54, 1.807) is 24.4 Å². The van der Waals surface area contributed by atoms with E-state index in [1.807, 2.05) is 6.07 Å². The van der Waals surface area contributed by atoms with Crippen LogP contribution in [0.4, 0.5) is 10.2 Å². The van der Waals surface area contributed by atoms with Gasteiger partial charge in [0.25, 0.3) is 5.89 Å². The highest BCUT2D eigenvalue weighted by molar-refractivity contribution is 5.70. The SMILES string of the molecule is O=C(O)C1CCN(c2cc(-c3nc(-c4ccc(F)cc4)no3)ccn2)CC1. The zero-order valence-corrected chi connectivity index (χ0v) is 14.4. The van der Waals surface area contributed by atoms with Crippen LogP contribution in [0.2, 0.25) is 0 Å². The lowest BCUT2D eigenvalue weighted by Gasteiger charge is -2.31. The lowest BCUT2D eigenvalue weighted by molar-refractivity contribution is -0.142. The minimum Gasteiger partial charge on any atom is -0.481 e. The molecule has 1 aliphatic heterocycles. The fourth-order valence-corrected chi connectivity index (χ4v) is 3.14. The molecule has 0 spiro atoms. The van der Waals surface area contributed by atoms with Crippen molar-refractivity contribution in [3.8, 4) is 22.8 Å². The van der Waals surface area contributed by atoms with E-state index in [2.05, 4.69) is 20.0 Å². The average molecular weight is 368 g/mol. The maximum absolute atomic E-state index is 13.1. The Morgan fingerprint density at radius 2 is 1.89 bits per heavy atom. The number of nitrogens with zero attached hydrogens (tertiary/aromatic N) is 4. The fourth-order valence-electron chi connectivity index (χ4n) is 3.14. The molecule has 0 radical (unpaired) electrons. The Labute approximate surface area is 154 Å². The summed E-state index contributed by atoms with van der Waals surface area (Å²) in [4.78, 5) is 21.9. The van der Waals surface area contributed by atoms with Crippen LogP contribution in [-0.2, 0) is 4.79 Å². The van der Waals surface area contributed by atoms with Gasteiger partial charge in [0.05, 0.1) is 5.92 Å². The molecule has 1 fully saturated rings. The molecular formula is C19H17FN4O3. The van der Waals surface area contributed by atoms with Gasteiger partial charge in [-0.05, 0) is 49.2 Å². The highest BCUT2D eigenvalue weighted by Gasteiger charge is 2.25. The number of hydrogen-bond acceptors (Lipinski definition) is 6. The van der Waals surface area contributed by atoms with Crippen LogP contribution in [0, 0.1) is 11.7 Å². The smallest absolute Gasteiger partial charge is 0.306 e. The molecule has 2 aromatic heterocycles. The number of aromatic nitrogens is 3. The number of piperidine rings is 1. The number of benzene rings is 1. The van der Waals surface area contributed by atoms with E-state index in [1.165, 1.54) is 12.1 Å². The Kier molecular flexibility index (Phi) is 4.53. The van der Waals surface area contributed by atoms with Crippen molar-refractivity contribution in [2.75, 3.05) is 18.0 Å². The molecule has 0 saturated carbocycles. The molecule has 1 saturated heterocycles. The van der Waals surface area contributed by atoms with Crippen molar-refractivity contribution in [2.24, 2.45) is 5.92 Å². The zero-order valence-electron chi connectivity index (χ0n) is 14.4. The Hall–Kier alpha value is -3.29. The molecule has 0 unspecified atom stereocenters. The number of halogens is 1. The number of carboxylic acid groups (broad SMARTS) is 1. The van der Waals surface area contributed by atoms with Crippen LogP contribution in [0.5, 0.6) is 0 Å². The molecule has 0 amide bonds. The minimum absolute atomic E-state index is 0.293. The van der Waals surface area contributed by atoms with Gasteiger partial charge >= 0.3 is 5.97 Å². The van der Waals surface area contributed by atoms with E-state index >= 15 is 0 Å². The second-order valence-electron chi connectivity index (χ2n) is 6.43. The summed E-state index contributed by atoms with van der Waals surface area (Å²) in [5, 5.41) is 13.1. The first-order valence-corrected chi connectivity index (χ1v) is 8.64. The molecule has 7 nitrogen and oxygen atoms in total. The largest absolute Gasteiger partial charge is 0.481 e. The first-order chi connectivity index (χ1) is 13.1. The van der Waals surface area contributed by atoms with Crippen molar-refractivity contribution in [1.29, 1.82) is 0 Å². The Bertz CT molecular complexity index is 950. The topological polar surface area (TPSA) is 92.3 Å². The monoisotopic (exact) mass is 368 g/mol. The number of carboxylic acids is 1. The van der Waals surface area contributed by atoms with Crippen LogP contribution in [0.1, 0.15) is 12.8 Å². The van der Waals surface area contributed by atoms with E-state index in [9.17, 15) is 9.18 Å². The molecule has 1 N–H and O–H groups in total. The number of anilines is 1. The molecule has 138 valence electrons. The van der Waals surface area contributed by atoms with Gasteiger partial charge in [0.2, 0.25) is 5.82 Å². The molecule has 27 heavy (non-hydrogen) atoms. The van der Waals surface area contributed by atoms with Crippen molar-refractivity contribution in [2.45, 2.75) is 12.8 Å². The molecule has 0 atom stereocenters. The van der Waals surface area contributed by atoms with Gasteiger partial charge in [-0.3, -0.25) is 4.79 Å². The van der Waals surface area contributed by atoms with Crippen LogP contribution >= 0.6 is 0 Å². The molecule has 4 rings (SSSR count). The Morgan fingerprint density at radius 3 is 2.59 bits per heavy atom. The van der Waals surface area contributed by atoms with Crippen molar-refractivity contribution < 1.29 is 18.8 Å². The Balaban J connectivity index is 1.53. The number of pyridine rings is 1. The first-order valence-electron chi connectivity index (χ1n) is 8.64. The van der Waals surface area contributed by atoms with Crippen LogP contribution in [-0.4, -0.2) is 39.3 Å². The molecular weight excluding hydrogens is 351 g/mol. The molecule has 0 bridgehead atoms. The molecule has 1 aliphatic rings. The van der Waals surface area contributed by atoms with Gasteiger partial charge in [-0.25, -0.2) is 9.37 Å². The lowest BCUT2D eigenvalue weighted by atomic mass is 9.97. The predicted octanol–water partition coefficient (Wildman–Crippen LogP) is 3.24. The van der Waals surface area contributed by atoms with Crippen LogP contribution in [0.3, 0.4) is 0 Å². The van der Waals surface area contributed by atoms with Gasteiger partial charge in [0.1, 0.15) is 11.6 Å². The molecule has 3 aromatic rings. The average Bonchev–Trinajstić information content (AvgIpc) is 3.19. The highest BCUT2D eigenvalue weighted by Crippen LogP contribution is 2.27. The van der Waals surface area contributed by atoms with E-state index in [4.69, 9.17) is 9.63 Å². The molecule has 1 aromatic carbocycles. The third-order valence-corrected chi connectivity index (χ3v) is 4.69. The van der Waals surface area contributed by atoms with Crippen LogP contribution in [0.25, 0.3) is 22.8 Å². The number of rotatable bonds is 4. The van der Waals surface area contributed by atoms with Crippen LogP contribution < -0.4 is 4.90 Å². The quantitative estimate of drug-likeness (QED) is 0.756. The van der Waals surface area contributed by atoms with Gasteiger partial charge in [-0.1, -0.05) is 5.16 Å². The van der Waals surface area contributed by atoms with Crippen molar-refractivity contribution in [3.63, 3.8) is 0 Å². The molecule has 8 heteroatoms. The summed E-state index contributed by atoms with van der Waals surface area (Å²) in [6, 6.07) is 9.49. The van der Waals surface area contributed by atoms with E-state index in [0.717, 1.165) is 11.4 Å². The predicted molar refractivity (Wildman–Crippen MR) is 95.5 cm³/mol. The van der Waals surface area contributed by atoms with E-state index < -0.39 is 5.97 Å². The summed E-state index contributed by atoms with van der Waals surface area (Å²) >= 11 is 0. The summed E-state index contributed by atoms with van der Waals surface area (Å²) in [5.74, 6) is 0.115. The summed E-state index contributed by atoms with van der Waals surface area (Å²) in [5.41, 5.74) is 1.39. The maximum atomic E-state index is 13.1. The highest BCUT2D eigenvalue weighted by atomic mass is 19.1. The summed E-state index contributed by atoms with van der Waals surface area (Å²) in [6.45, 7) is 1.27. The number of hydrogen-bond donors (Lipinski definition) is 1. The van der Waals surface area contributed by atoms with Gasteiger partial charge in [0.15, 0.2) is 0 Å². The summed E-state index contributed by atoms with van der Waals surface area (Å²) < 4.78 is 18.4. The van der Waals surface area contributed by atoms with Gasteiger partial charge in [-0.15, -0.1) is 0 Å². The summed E-state index contributed by atoms with van der Waals surface area (Å²) in [7, 11) is 0.